The zero-order chi connectivity index (χ0) is 21.1. The standard InChI is InChI=1S/C22H30N4O3S/c1-16-21(26-7-9-30-22(26)23-16)15-24-5-6-25(18(14-24)4-8-27)13-17-10-19(28-2)12-20(11-17)29-3/h7,9-12,18,27H,4-6,8,13-15H2,1-3H3/t18-/m1/s1. The Bertz CT molecular complexity index is 964. The number of aliphatic hydroxyl groups excluding tert-OH is 1. The highest BCUT2D eigenvalue weighted by Crippen LogP contribution is 2.26. The van der Waals surface area contributed by atoms with E-state index in [1.54, 1.807) is 25.6 Å². The molecule has 3 aromatic rings. The molecule has 4 rings (SSSR count). The first-order valence-electron chi connectivity index (χ1n) is 10.3. The van der Waals surface area contributed by atoms with Crippen LogP contribution in [0.3, 0.4) is 0 Å². The van der Waals surface area contributed by atoms with Crippen LogP contribution in [-0.4, -0.2) is 70.8 Å². The van der Waals surface area contributed by atoms with Crippen LogP contribution in [-0.2, 0) is 13.1 Å². The average molecular weight is 431 g/mol. The van der Waals surface area contributed by atoms with E-state index in [9.17, 15) is 5.11 Å². The summed E-state index contributed by atoms with van der Waals surface area (Å²) in [7, 11) is 3.35. The maximum absolute atomic E-state index is 9.67. The number of ether oxygens (including phenoxy) is 2. The molecule has 7 nitrogen and oxygen atoms in total. The number of benzene rings is 1. The number of aryl methyl sites for hydroxylation is 1. The Balaban J connectivity index is 1.47. The lowest BCUT2D eigenvalue weighted by Gasteiger charge is -2.41. The molecule has 0 spiro atoms. The second-order valence-electron chi connectivity index (χ2n) is 7.79. The van der Waals surface area contributed by atoms with Crippen LogP contribution in [0.1, 0.15) is 23.4 Å². The number of fused-ring (bicyclic) bond motifs is 1. The summed E-state index contributed by atoms with van der Waals surface area (Å²) in [4.78, 5) is 10.7. The summed E-state index contributed by atoms with van der Waals surface area (Å²) in [5.74, 6) is 1.61. The number of piperazine rings is 1. The van der Waals surface area contributed by atoms with Gasteiger partial charge < -0.3 is 14.6 Å². The molecule has 0 bridgehead atoms. The Labute approximate surface area is 181 Å². The van der Waals surface area contributed by atoms with Gasteiger partial charge in [0.15, 0.2) is 4.96 Å². The molecule has 1 atom stereocenters. The average Bonchev–Trinajstić information content (AvgIpc) is 3.31. The van der Waals surface area contributed by atoms with E-state index in [0.717, 1.165) is 66.9 Å². The van der Waals surface area contributed by atoms with Crippen LogP contribution >= 0.6 is 11.3 Å². The SMILES string of the molecule is COc1cc(CN2CCN(Cc3c(C)nc4sccn34)C[C@H]2CCO)cc(OC)c1. The molecule has 8 heteroatoms. The second kappa shape index (κ2) is 9.34. The van der Waals surface area contributed by atoms with Crippen molar-refractivity contribution in [2.24, 2.45) is 0 Å². The van der Waals surface area contributed by atoms with Crippen LogP contribution in [0.15, 0.2) is 29.8 Å². The predicted octanol–water partition coefficient (Wildman–Crippen LogP) is 2.79. The number of aromatic nitrogens is 2. The number of methoxy groups -OCH3 is 2. The Morgan fingerprint density at radius 2 is 1.90 bits per heavy atom. The van der Waals surface area contributed by atoms with Gasteiger partial charge in [-0.1, -0.05) is 0 Å². The Morgan fingerprint density at radius 1 is 1.13 bits per heavy atom. The minimum atomic E-state index is 0.191. The molecule has 3 heterocycles. The number of hydrogen-bond donors (Lipinski definition) is 1. The number of hydrogen-bond acceptors (Lipinski definition) is 7. The second-order valence-corrected chi connectivity index (χ2v) is 8.67. The van der Waals surface area contributed by atoms with Gasteiger partial charge >= 0.3 is 0 Å². The summed E-state index contributed by atoms with van der Waals surface area (Å²) in [5.41, 5.74) is 3.53. The van der Waals surface area contributed by atoms with Crippen LogP contribution in [0.2, 0.25) is 0 Å². The van der Waals surface area contributed by atoms with Gasteiger partial charge in [-0.15, -0.1) is 11.3 Å². The van der Waals surface area contributed by atoms with Gasteiger partial charge in [-0.05, 0) is 31.0 Å². The van der Waals surface area contributed by atoms with Crippen LogP contribution in [0, 0.1) is 6.92 Å². The molecule has 1 aliphatic rings. The van der Waals surface area contributed by atoms with Crippen molar-refractivity contribution >= 4 is 16.3 Å². The highest BCUT2D eigenvalue weighted by atomic mass is 32.1. The summed E-state index contributed by atoms with van der Waals surface area (Å²) >= 11 is 1.67. The Hall–Kier alpha value is -2.13. The fourth-order valence-electron chi connectivity index (χ4n) is 4.27. The Morgan fingerprint density at radius 3 is 2.60 bits per heavy atom. The van der Waals surface area contributed by atoms with Crippen LogP contribution in [0.4, 0.5) is 0 Å². The van der Waals surface area contributed by atoms with Crippen LogP contribution in [0.25, 0.3) is 4.96 Å². The van der Waals surface area contributed by atoms with Gasteiger partial charge in [0.05, 0.1) is 25.6 Å². The summed E-state index contributed by atoms with van der Waals surface area (Å²) in [6, 6.07) is 6.32. The van der Waals surface area contributed by atoms with Gasteiger partial charge in [0, 0.05) is 63.0 Å². The molecule has 2 aromatic heterocycles. The highest BCUT2D eigenvalue weighted by molar-refractivity contribution is 7.15. The number of imidazole rings is 1. The highest BCUT2D eigenvalue weighted by Gasteiger charge is 2.28. The van der Waals surface area contributed by atoms with Crippen molar-refractivity contribution in [3.05, 3.63) is 46.7 Å². The molecule has 30 heavy (non-hydrogen) atoms. The molecule has 162 valence electrons. The molecule has 0 radical (unpaired) electrons. The smallest absolute Gasteiger partial charge is 0.194 e. The number of rotatable bonds is 8. The van der Waals surface area contributed by atoms with Gasteiger partial charge in [-0.2, -0.15) is 0 Å². The van der Waals surface area contributed by atoms with Gasteiger partial charge in [0.2, 0.25) is 0 Å². The third-order valence-corrected chi connectivity index (χ3v) is 6.64. The molecule has 1 aromatic carbocycles. The maximum Gasteiger partial charge on any atom is 0.194 e. The van der Waals surface area contributed by atoms with E-state index in [1.807, 2.05) is 6.07 Å². The van der Waals surface area contributed by atoms with E-state index in [-0.39, 0.29) is 6.61 Å². The summed E-state index contributed by atoms with van der Waals surface area (Å²) in [6.07, 6.45) is 2.86. The molecule has 0 saturated carbocycles. The summed E-state index contributed by atoms with van der Waals surface area (Å²) < 4.78 is 13.0. The third-order valence-electron chi connectivity index (χ3n) is 5.88. The molecule has 0 amide bonds. The monoisotopic (exact) mass is 430 g/mol. The zero-order valence-electron chi connectivity index (χ0n) is 17.9. The van der Waals surface area contributed by atoms with Gasteiger partial charge in [-0.25, -0.2) is 4.98 Å². The third kappa shape index (κ3) is 4.46. The predicted molar refractivity (Wildman–Crippen MR) is 119 cm³/mol. The van der Waals surface area contributed by atoms with Gasteiger partial charge in [0.1, 0.15) is 11.5 Å². The van der Waals surface area contributed by atoms with Crippen molar-refractivity contribution in [1.82, 2.24) is 19.2 Å². The molecular formula is C22H30N4O3S. The maximum atomic E-state index is 9.67. The minimum Gasteiger partial charge on any atom is -0.497 e. The lowest BCUT2D eigenvalue weighted by atomic mass is 10.1. The molecule has 1 fully saturated rings. The molecular weight excluding hydrogens is 400 g/mol. The zero-order valence-corrected chi connectivity index (χ0v) is 18.7. The number of thiazole rings is 1. The van der Waals surface area contributed by atoms with E-state index in [0.29, 0.717) is 6.04 Å². The van der Waals surface area contributed by atoms with Crippen molar-refractivity contribution in [3.63, 3.8) is 0 Å². The number of aliphatic hydroxyl groups is 1. The lowest BCUT2D eigenvalue weighted by molar-refractivity contribution is 0.0491. The summed E-state index contributed by atoms with van der Waals surface area (Å²) in [5, 5.41) is 11.8. The molecule has 1 saturated heterocycles. The largest absolute Gasteiger partial charge is 0.497 e. The van der Waals surface area contributed by atoms with Crippen molar-refractivity contribution in [3.8, 4) is 11.5 Å². The fourth-order valence-corrected chi connectivity index (χ4v) is 5.05. The van der Waals surface area contributed by atoms with E-state index < -0.39 is 0 Å². The lowest BCUT2D eigenvalue weighted by Crippen LogP contribution is -2.52. The molecule has 0 unspecified atom stereocenters. The van der Waals surface area contributed by atoms with E-state index >= 15 is 0 Å². The van der Waals surface area contributed by atoms with E-state index in [1.165, 1.54) is 5.69 Å². The van der Waals surface area contributed by atoms with Gasteiger partial charge in [0.25, 0.3) is 0 Å². The quantitative estimate of drug-likeness (QED) is 0.593. The first-order chi connectivity index (χ1) is 14.6. The first kappa shape index (κ1) is 21.1. The fraction of sp³-hybridized carbons (Fsp3) is 0.500. The van der Waals surface area contributed by atoms with Crippen molar-refractivity contribution in [1.29, 1.82) is 0 Å². The molecule has 1 aliphatic heterocycles. The first-order valence-corrected chi connectivity index (χ1v) is 11.2. The normalized spacial score (nSPS) is 18.2. The van der Waals surface area contributed by atoms with Crippen LogP contribution < -0.4 is 9.47 Å². The molecule has 1 N–H and O–H groups in total. The van der Waals surface area contributed by atoms with E-state index in [2.05, 4.69) is 49.8 Å². The Kier molecular flexibility index (Phi) is 6.58. The van der Waals surface area contributed by atoms with Crippen LogP contribution in [0.5, 0.6) is 11.5 Å². The van der Waals surface area contributed by atoms with Crippen molar-refractivity contribution in [2.75, 3.05) is 40.5 Å². The molecule has 0 aliphatic carbocycles. The number of nitrogens with zero attached hydrogens (tertiary/aromatic N) is 4. The van der Waals surface area contributed by atoms with Gasteiger partial charge in [-0.3, -0.25) is 14.2 Å². The van der Waals surface area contributed by atoms with Crippen molar-refractivity contribution in [2.45, 2.75) is 32.5 Å². The minimum absolute atomic E-state index is 0.191. The topological polar surface area (TPSA) is 62.5 Å². The van der Waals surface area contributed by atoms with Crippen molar-refractivity contribution < 1.29 is 14.6 Å². The summed E-state index contributed by atoms with van der Waals surface area (Å²) in [6.45, 7) is 6.84. The van der Waals surface area contributed by atoms with E-state index in [4.69, 9.17) is 9.47 Å².